The summed E-state index contributed by atoms with van der Waals surface area (Å²) in [6, 6.07) is 5.58. The molecule has 2 N–H and O–H groups in total. The van der Waals surface area contributed by atoms with Gasteiger partial charge in [0.2, 0.25) is 10.0 Å². The van der Waals surface area contributed by atoms with Crippen molar-refractivity contribution >= 4 is 21.4 Å². The monoisotopic (exact) mass is 280 g/mol. The van der Waals surface area contributed by atoms with Gasteiger partial charge in [-0.15, -0.1) is 0 Å². The lowest BCUT2D eigenvalue weighted by molar-refractivity contribution is 0.570. The van der Waals surface area contributed by atoms with Crippen LogP contribution in [-0.4, -0.2) is 20.2 Å². The van der Waals surface area contributed by atoms with E-state index in [2.05, 4.69) is 0 Å². The summed E-state index contributed by atoms with van der Waals surface area (Å²) >= 11 is 0. The molecule has 0 amide bonds. The van der Waals surface area contributed by atoms with Crippen LogP contribution in [0.2, 0.25) is 0 Å². The highest BCUT2D eigenvalue weighted by atomic mass is 32.2. The third-order valence-electron chi connectivity index (χ3n) is 4.27. The van der Waals surface area contributed by atoms with E-state index in [1.165, 1.54) is 0 Å². The lowest BCUT2D eigenvalue weighted by Crippen LogP contribution is -2.41. The molecule has 0 saturated heterocycles. The SMILES string of the molecule is Nc1cccc2c1CCCN2S(=O)(=O)C1CCCC1. The minimum absolute atomic E-state index is 0.195. The maximum Gasteiger partial charge on any atom is 0.238 e. The molecule has 1 saturated carbocycles. The van der Waals surface area contributed by atoms with E-state index >= 15 is 0 Å². The Morgan fingerprint density at radius 3 is 2.63 bits per heavy atom. The Morgan fingerprint density at radius 2 is 1.89 bits per heavy atom. The Bertz CT molecular complexity index is 577. The summed E-state index contributed by atoms with van der Waals surface area (Å²) in [5.74, 6) is 0. The van der Waals surface area contributed by atoms with Crippen LogP contribution >= 0.6 is 0 Å². The van der Waals surface area contributed by atoms with E-state index in [0.717, 1.165) is 49.8 Å². The first-order valence-electron chi connectivity index (χ1n) is 6.99. The largest absolute Gasteiger partial charge is 0.398 e. The van der Waals surface area contributed by atoms with E-state index < -0.39 is 10.0 Å². The van der Waals surface area contributed by atoms with E-state index in [-0.39, 0.29) is 5.25 Å². The van der Waals surface area contributed by atoms with Gasteiger partial charge in [-0.1, -0.05) is 18.9 Å². The first kappa shape index (κ1) is 12.8. The number of nitrogen functional groups attached to an aromatic ring is 1. The Morgan fingerprint density at radius 1 is 1.16 bits per heavy atom. The van der Waals surface area contributed by atoms with Gasteiger partial charge in [-0.2, -0.15) is 0 Å². The molecule has 0 spiro atoms. The predicted molar refractivity (Wildman–Crippen MR) is 77.7 cm³/mol. The van der Waals surface area contributed by atoms with E-state index in [4.69, 9.17) is 5.73 Å². The molecule has 1 fully saturated rings. The molecule has 0 atom stereocenters. The summed E-state index contributed by atoms with van der Waals surface area (Å²) < 4.78 is 27.1. The fraction of sp³-hybridized carbons (Fsp3) is 0.571. The quantitative estimate of drug-likeness (QED) is 0.845. The van der Waals surface area contributed by atoms with Crippen LogP contribution in [0.1, 0.15) is 37.7 Å². The van der Waals surface area contributed by atoms with Crippen LogP contribution in [0.25, 0.3) is 0 Å². The van der Waals surface area contributed by atoms with E-state index in [9.17, 15) is 8.42 Å². The number of hydrogen-bond acceptors (Lipinski definition) is 3. The number of fused-ring (bicyclic) bond motifs is 1. The molecular weight excluding hydrogens is 260 g/mol. The number of nitrogens with two attached hydrogens (primary N) is 1. The second-order valence-electron chi connectivity index (χ2n) is 5.47. The van der Waals surface area contributed by atoms with Crippen LogP contribution in [0.5, 0.6) is 0 Å². The third-order valence-corrected chi connectivity index (χ3v) is 6.58. The number of sulfonamides is 1. The molecule has 0 radical (unpaired) electrons. The lowest BCUT2D eigenvalue weighted by Gasteiger charge is -2.33. The third kappa shape index (κ3) is 2.10. The zero-order chi connectivity index (χ0) is 13.5. The zero-order valence-electron chi connectivity index (χ0n) is 11.0. The number of hydrogen-bond donors (Lipinski definition) is 1. The van der Waals surface area contributed by atoms with E-state index in [0.29, 0.717) is 12.2 Å². The fourth-order valence-electron chi connectivity index (χ4n) is 3.25. The van der Waals surface area contributed by atoms with E-state index in [1.807, 2.05) is 18.2 Å². The topological polar surface area (TPSA) is 63.4 Å². The molecule has 1 aliphatic heterocycles. The van der Waals surface area contributed by atoms with Crippen LogP contribution < -0.4 is 10.0 Å². The Labute approximate surface area is 114 Å². The molecule has 104 valence electrons. The maximum absolute atomic E-state index is 12.7. The van der Waals surface area contributed by atoms with Gasteiger partial charge in [-0.3, -0.25) is 4.31 Å². The van der Waals surface area contributed by atoms with Crippen molar-refractivity contribution in [1.29, 1.82) is 0 Å². The molecule has 0 aromatic heterocycles. The molecule has 19 heavy (non-hydrogen) atoms. The van der Waals surface area contributed by atoms with Gasteiger partial charge in [0.05, 0.1) is 10.9 Å². The van der Waals surface area contributed by atoms with Crippen molar-refractivity contribution in [3.05, 3.63) is 23.8 Å². The summed E-state index contributed by atoms with van der Waals surface area (Å²) in [4.78, 5) is 0. The molecule has 1 heterocycles. The normalized spacial score (nSPS) is 20.5. The average molecular weight is 280 g/mol. The molecule has 3 rings (SSSR count). The Kier molecular flexibility index (Phi) is 3.17. The summed E-state index contributed by atoms with van der Waals surface area (Å²) in [6.45, 7) is 0.593. The molecule has 0 unspecified atom stereocenters. The summed E-state index contributed by atoms with van der Waals surface area (Å²) in [7, 11) is -3.21. The number of anilines is 2. The maximum atomic E-state index is 12.7. The fourth-order valence-corrected chi connectivity index (χ4v) is 5.37. The van der Waals surface area contributed by atoms with Crippen LogP contribution in [0.15, 0.2) is 18.2 Å². The van der Waals surface area contributed by atoms with Gasteiger partial charge < -0.3 is 5.73 Å². The lowest BCUT2D eigenvalue weighted by atomic mass is 10.0. The van der Waals surface area contributed by atoms with Gasteiger partial charge in [0, 0.05) is 12.2 Å². The molecule has 0 bridgehead atoms. The van der Waals surface area contributed by atoms with Gasteiger partial charge in [-0.05, 0) is 43.4 Å². The first-order chi connectivity index (χ1) is 9.10. The Hall–Kier alpha value is -1.23. The van der Waals surface area contributed by atoms with Crippen molar-refractivity contribution < 1.29 is 8.42 Å². The van der Waals surface area contributed by atoms with Crippen molar-refractivity contribution in [2.24, 2.45) is 0 Å². The van der Waals surface area contributed by atoms with Gasteiger partial charge in [0.25, 0.3) is 0 Å². The summed E-state index contributed by atoms with van der Waals surface area (Å²) in [6.07, 6.45) is 5.39. The molecule has 1 aromatic rings. The number of benzene rings is 1. The zero-order valence-corrected chi connectivity index (χ0v) is 11.8. The molecule has 4 nitrogen and oxygen atoms in total. The standard InChI is InChI=1S/C14H20N2O2S/c15-13-8-3-9-14-12(13)7-4-10-16(14)19(17,18)11-5-1-2-6-11/h3,8-9,11H,1-2,4-7,10,15H2. The van der Waals surface area contributed by atoms with Crippen LogP contribution in [0.4, 0.5) is 11.4 Å². The molecule has 2 aliphatic rings. The average Bonchev–Trinajstić information content (AvgIpc) is 2.93. The highest BCUT2D eigenvalue weighted by Gasteiger charge is 2.36. The smallest absolute Gasteiger partial charge is 0.238 e. The van der Waals surface area contributed by atoms with Crippen LogP contribution in [-0.2, 0) is 16.4 Å². The molecular formula is C14H20N2O2S. The van der Waals surface area contributed by atoms with Crippen LogP contribution in [0.3, 0.4) is 0 Å². The minimum atomic E-state index is -3.21. The second-order valence-corrected chi connectivity index (χ2v) is 7.61. The predicted octanol–water partition coefficient (Wildman–Crippen LogP) is 2.29. The Balaban J connectivity index is 2.02. The second kappa shape index (κ2) is 4.71. The van der Waals surface area contributed by atoms with Crippen LogP contribution in [0, 0.1) is 0 Å². The molecule has 5 heteroatoms. The first-order valence-corrected chi connectivity index (χ1v) is 8.50. The van der Waals surface area contributed by atoms with Crippen molar-refractivity contribution in [2.45, 2.75) is 43.8 Å². The number of rotatable bonds is 2. The highest BCUT2D eigenvalue weighted by Crippen LogP contribution is 2.36. The van der Waals surface area contributed by atoms with Crippen molar-refractivity contribution in [3.8, 4) is 0 Å². The minimum Gasteiger partial charge on any atom is -0.398 e. The van der Waals surface area contributed by atoms with Crippen molar-refractivity contribution in [2.75, 3.05) is 16.6 Å². The summed E-state index contributed by atoms with van der Waals surface area (Å²) in [5.41, 5.74) is 8.49. The number of nitrogens with zero attached hydrogens (tertiary/aromatic N) is 1. The molecule has 1 aromatic carbocycles. The highest BCUT2D eigenvalue weighted by molar-refractivity contribution is 7.93. The molecule has 1 aliphatic carbocycles. The van der Waals surface area contributed by atoms with Gasteiger partial charge in [0.15, 0.2) is 0 Å². The van der Waals surface area contributed by atoms with E-state index in [1.54, 1.807) is 4.31 Å². The van der Waals surface area contributed by atoms with Gasteiger partial charge in [-0.25, -0.2) is 8.42 Å². The van der Waals surface area contributed by atoms with Gasteiger partial charge in [0.1, 0.15) is 0 Å². The van der Waals surface area contributed by atoms with Crippen molar-refractivity contribution in [3.63, 3.8) is 0 Å². The van der Waals surface area contributed by atoms with Crippen molar-refractivity contribution in [1.82, 2.24) is 0 Å². The summed E-state index contributed by atoms with van der Waals surface area (Å²) in [5, 5.41) is -0.195. The van der Waals surface area contributed by atoms with Gasteiger partial charge >= 0.3 is 0 Å².